The molecule has 0 unspecified atom stereocenters. The van der Waals surface area contributed by atoms with Gasteiger partial charge in [0.2, 0.25) is 11.8 Å². The van der Waals surface area contributed by atoms with Crippen LogP contribution in [0.25, 0.3) is 0 Å². The molecule has 0 aliphatic carbocycles. The van der Waals surface area contributed by atoms with Crippen molar-refractivity contribution in [3.63, 3.8) is 0 Å². The Morgan fingerprint density at radius 2 is 1.94 bits per heavy atom. The van der Waals surface area contributed by atoms with Crippen LogP contribution >= 0.6 is 12.4 Å². The summed E-state index contributed by atoms with van der Waals surface area (Å²) >= 11 is 0. The van der Waals surface area contributed by atoms with Crippen molar-refractivity contribution >= 4 is 29.9 Å². The summed E-state index contributed by atoms with van der Waals surface area (Å²) in [4.78, 5) is 29.0. The van der Waals surface area contributed by atoms with Crippen LogP contribution in [-0.2, 0) is 16.1 Å². The maximum Gasteiger partial charge on any atom is 0.243 e. The number of aromatic nitrogens is 3. The van der Waals surface area contributed by atoms with Crippen LogP contribution in [0.3, 0.4) is 0 Å². The molecule has 1 aromatic heterocycles. The zero-order valence-corrected chi connectivity index (χ0v) is 18.9. The molecular formula is C21H30ClN7O2. The van der Waals surface area contributed by atoms with Crippen molar-refractivity contribution < 1.29 is 9.59 Å². The van der Waals surface area contributed by atoms with Gasteiger partial charge in [-0.05, 0) is 18.4 Å². The number of nitrogens with two attached hydrogens (primary N) is 1. The van der Waals surface area contributed by atoms with Gasteiger partial charge in [0.15, 0.2) is 0 Å². The summed E-state index contributed by atoms with van der Waals surface area (Å²) in [5.74, 6) is 1.10. The van der Waals surface area contributed by atoms with E-state index < -0.39 is 0 Å². The lowest BCUT2D eigenvalue weighted by Gasteiger charge is -2.23. The normalized spacial score (nSPS) is 14.8. The maximum atomic E-state index is 12.4. The van der Waals surface area contributed by atoms with Crippen LogP contribution in [0, 0.1) is 12.8 Å². The predicted octanol–water partition coefficient (Wildman–Crippen LogP) is 1.81. The lowest BCUT2D eigenvalue weighted by atomic mass is 10.0. The van der Waals surface area contributed by atoms with E-state index in [9.17, 15) is 9.59 Å². The molecule has 2 aromatic rings. The van der Waals surface area contributed by atoms with Crippen LogP contribution in [0.1, 0.15) is 49.9 Å². The summed E-state index contributed by atoms with van der Waals surface area (Å²) in [6.45, 7) is 6.42. The van der Waals surface area contributed by atoms with Crippen LogP contribution < -0.4 is 11.1 Å². The van der Waals surface area contributed by atoms with Crippen molar-refractivity contribution in [2.45, 2.75) is 46.2 Å². The van der Waals surface area contributed by atoms with Gasteiger partial charge < -0.3 is 11.1 Å². The smallest absolute Gasteiger partial charge is 0.243 e. The monoisotopic (exact) mass is 447 g/mol. The molecule has 168 valence electrons. The number of halogens is 1. The number of nitrogens with zero attached hydrogens (tertiary/aromatic N) is 5. The molecule has 2 heterocycles. The molecule has 0 spiro atoms. The Bertz CT molecular complexity index is 927. The summed E-state index contributed by atoms with van der Waals surface area (Å²) in [6, 6.07) is 9.51. The van der Waals surface area contributed by atoms with Crippen molar-refractivity contribution in [3.8, 4) is 0 Å². The number of carbonyl (C=O) groups is 2. The van der Waals surface area contributed by atoms with Gasteiger partial charge >= 0.3 is 0 Å². The van der Waals surface area contributed by atoms with Gasteiger partial charge in [-0.15, -0.1) is 12.4 Å². The first-order valence-corrected chi connectivity index (χ1v) is 10.2. The third-order valence-electron chi connectivity index (χ3n) is 4.97. The van der Waals surface area contributed by atoms with E-state index in [-0.39, 0.29) is 42.7 Å². The van der Waals surface area contributed by atoms with E-state index in [0.29, 0.717) is 37.6 Å². The second-order valence-corrected chi connectivity index (χ2v) is 7.72. The van der Waals surface area contributed by atoms with Crippen LogP contribution in [0.4, 0.5) is 0 Å². The highest BCUT2D eigenvalue weighted by atomic mass is 35.5. The molecule has 1 atom stereocenters. The van der Waals surface area contributed by atoms with Crippen molar-refractivity contribution in [2.24, 2.45) is 16.8 Å². The number of benzene rings is 1. The van der Waals surface area contributed by atoms with Crippen molar-refractivity contribution in [3.05, 3.63) is 47.5 Å². The summed E-state index contributed by atoms with van der Waals surface area (Å²) in [6.07, 6.45) is 1.03. The third kappa shape index (κ3) is 6.35. The minimum atomic E-state index is -0.296. The van der Waals surface area contributed by atoms with Gasteiger partial charge in [-0.1, -0.05) is 44.2 Å². The van der Waals surface area contributed by atoms with E-state index in [0.717, 1.165) is 11.3 Å². The summed E-state index contributed by atoms with van der Waals surface area (Å²) in [7, 11) is 0. The summed E-state index contributed by atoms with van der Waals surface area (Å²) in [5, 5.41) is 13.0. The van der Waals surface area contributed by atoms with E-state index in [2.05, 4.69) is 20.5 Å². The van der Waals surface area contributed by atoms with E-state index in [1.807, 2.05) is 44.2 Å². The zero-order chi connectivity index (χ0) is 21.7. The van der Waals surface area contributed by atoms with Crippen LogP contribution in [0.2, 0.25) is 0 Å². The third-order valence-corrected chi connectivity index (χ3v) is 4.97. The number of hydrogen-bond acceptors (Lipinski definition) is 6. The number of hydrogen-bond donors (Lipinski definition) is 2. The standard InChI is InChI=1S/C21H29N7O2.ClH/c1-14(2)20(22)21-24-15(3)25-28(21)13-18(29)23-11-12-27-19(30)10-9-17(26-27)16-7-5-4-6-8-16;/h4-8,14,20H,9-13,22H2,1-3H3,(H,23,29);1H/t20-;/m0./s1. The molecule has 3 N–H and O–H groups in total. The Balaban J connectivity index is 0.00000341. The fourth-order valence-electron chi connectivity index (χ4n) is 3.24. The first kappa shape index (κ1) is 24.5. The lowest BCUT2D eigenvalue weighted by Crippen LogP contribution is -2.39. The van der Waals surface area contributed by atoms with Gasteiger partial charge in [0.1, 0.15) is 18.2 Å². The quantitative estimate of drug-likeness (QED) is 0.639. The highest BCUT2D eigenvalue weighted by Gasteiger charge is 2.22. The molecule has 1 aliphatic rings. The Morgan fingerprint density at radius 3 is 2.61 bits per heavy atom. The van der Waals surface area contributed by atoms with Gasteiger partial charge in [-0.25, -0.2) is 14.7 Å². The van der Waals surface area contributed by atoms with E-state index >= 15 is 0 Å². The molecule has 1 aliphatic heterocycles. The van der Waals surface area contributed by atoms with Gasteiger partial charge in [0.05, 0.1) is 18.3 Å². The Labute approximate surface area is 188 Å². The number of rotatable bonds is 8. The fraction of sp³-hybridized carbons (Fsp3) is 0.476. The molecule has 0 fully saturated rings. The van der Waals surface area contributed by atoms with E-state index in [4.69, 9.17) is 5.73 Å². The van der Waals surface area contributed by atoms with Crippen molar-refractivity contribution in [2.75, 3.05) is 13.1 Å². The lowest BCUT2D eigenvalue weighted by molar-refractivity contribution is -0.132. The number of aryl methyl sites for hydroxylation is 1. The molecule has 3 rings (SSSR count). The van der Waals surface area contributed by atoms with Crippen molar-refractivity contribution in [1.29, 1.82) is 0 Å². The topological polar surface area (TPSA) is 118 Å². The summed E-state index contributed by atoms with van der Waals surface area (Å²) < 4.78 is 1.55. The molecule has 0 radical (unpaired) electrons. The molecule has 2 amide bonds. The largest absolute Gasteiger partial charge is 0.353 e. The Hall–Kier alpha value is -2.78. The minimum absolute atomic E-state index is 0. The Kier molecular flexibility index (Phi) is 8.70. The van der Waals surface area contributed by atoms with Crippen LogP contribution in [0.5, 0.6) is 0 Å². The first-order chi connectivity index (χ1) is 14.3. The van der Waals surface area contributed by atoms with Gasteiger partial charge in [0, 0.05) is 19.4 Å². The molecule has 0 bridgehead atoms. The summed E-state index contributed by atoms with van der Waals surface area (Å²) in [5.41, 5.74) is 8.08. The van der Waals surface area contributed by atoms with E-state index in [1.54, 1.807) is 11.6 Å². The number of carbonyl (C=O) groups excluding carboxylic acids is 2. The molecule has 0 saturated heterocycles. The second-order valence-electron chi connectivity index (χ2n) is 7.72. The zero-order valence-electron chi connectivity index (χ0n) is 18.1. The molecule has 0 saturated carbocycles. The SMILES string of the molecule is Cc1nc([C@@H](N)C(C)C)n(CC(=O)NCCN2N=C(c3ccccc3)CCC2=O)n1.Cl. The fourth-order valence-corrected chi connectivity index (χ4v) is 3.24. The molecule has 9 nitrogen and oxygen atoms in total. The van der Waals surface area contributed by atoms with Crippen LogP contribution in [0.15, 0.2) is 35.4 Å². The second kappa shape index (κ2) is 11.0. The highest BCUT2D eigenvalue weighted by molar-refractivity contribution is 6.04. The van der Waals surface area contributed by atoms with Crippen molar-refractivity contribution in [1.82, 2.24) is 25.1 Å². The van der Waals surface area contributed by atoms with Gasteiger partial charge in [0.25, 0.3) is 0 Å². The number of amides is 2. The van der Waals surface area contributed by atoms with Gasteiger partial charge in [-0.2, -0.15) is 10.2 Å². The molecule has 10 heteroatoms. The maximum absolute atomic E-state index is 12.4. The minimum Gasteiger partial charge on any atom is -0.353 e. The average molecular weight is 448 g/mol. The number of hydrazone groups is 1. The first-order valence-electron chi connectivity index (χ1n) is 10.2. The molecule has 1 aromatic carbocycles. The number of nitrogens with one attached hydrogen (secondary N) is 1. The van der Waals surface area contributed by atoms with E-state index in [1.165, 1.54) is 5.01 Å². The van der Waals surface area contributed by atoms with Gasteiger partial charge in [-0.3, -0.25) is 9.59 Å². The highest BCUT2D eigenvalue weighted by Crippen LogP contribution is 2.17. The molecule has 31 heavy (non-hydrogen) atoms. The van der Waals surface area contributed by atoms with Crippen LogP contribution in [-0.4, -0.2) is 50.4 Å². The average Bonchev–Trinajstić information content (AvgIpc) is 3.09. The predicted molar refractivity (Wildman–Crippen MR) is 121 cm³/mol. The molecular weight excluding hydrogens is 418 g/mol. The Morgan fingerprint density at radius 1 is 1.23 bits per heavy atom.